The molecule has 1 N–H and O–H groups in total. The summed E-state index contributed by atoms with van der Waals surface area (Å²) in [5.41, 5.74) is 2.29. The lowest BCUT2D eigenvalue weighted by atomic mass is 10.1. The van der Waals surface area contributed by atoms with Gasteiger partial charge in [-0.3, -0.25) is 9.59 Å². The first kappa shape index (κ1) is 22.7. The van der Waals surface area contributed by atoms with Gasteiger partial charge in [0.1, 0.15) is 11.5 Å². The summed E-state index contributed by atoms with van der Waals surface area (Å²) in [5.74, 6) is 0.900. The van der Waals surface area contributed by atoms with Gasteiger partial charge in [-0.1, -0.05) is 54.9 Å². The molecule has 0 radical (unpaired) electrons. The van der Waals surface area contributed by atoms with Gasteiger partial charge in [-0.2, -0.15) is 0 Å². The largest absolute Gasteiger partial charge is 0.484 e. The summed E-state index contributed by atoms with van der Waals surface area (Å²) in [7, 11) is 0. The number of benzene rings is 3. The van der Waals surface area contributed by atoms with E-state index < -0.39 is 6.10 Å². The minimum atomic E-state index is -0.576. The van der Waals surface area contributed by atoms with Crippen LogP contribution in [0.3, 0.4) is 0 Å². The van der Waals surface area contributed by atoms with E-state index in [0.717, 1.165) is 11.1 Å². The molecule has 0 spiro atoms. The van der Waals surface area contributed by atoms with Crippen molar-refractivity contribution >= 4 is 29.1 Å². The van der Waals surface area contributed by atoms with Crippen LogP contribution in [-0.4, -0.2) is 29.4 Å². The lowest BCUT2D eigenvalue weighted by molar-refractivity contribution is -0.139. The molecular weight excluding hydrogens is 440 g/mol. The third-order valence-electron chi connectivity index (χ3n) is 5.36. The summed E-state index contributed by atoms with van der Waals surface area (Å²) in [6, 6.07) is 22.0. The average Bonchev–Trinajstić information content (AvgIpc) is 2.96. The third-order valence-corrected chi connectivity index (χ3v) is 5.73. The second-order valence-electron chi connectivity index (χ2n) is 7.77. The standard InChI is InChI=1S/C26H25ClN2O4/c1-2-23-26(31)29(15-18-8-6-7-11-22(18)27)16-19-14-20(12-13-24(19)33-23)28-25(30)17-32-21-9-4-3-5-10-21/h3-14,23H,2,15-17H2,1H3,(H,28,30)/t23-/m1/s1. The zero-order valence-electron chi connectivity index (χ0n) is 18.3. The molecule has 1 aliphatic heterocycles. The van der Waals surface area contributed by atoms with Crippen LogP contribution in [0.2, 0.25) is 5.02 Å². The first-order chi connectivity index (χ1) is 16.0. The topological polar surface area (TPSA) is 67.9 Å². The van der Waals surface area contributed by atoms with Gasteiger partial charge >= 0.3 is 0 Å². The summed E-state index contributed by atoms with van der Waals surface area (Å²) in [6.45, 7) is 2.54. The molecule has 0 unspecified atom stereocenters. The maximum absolute atomic E-state index is 13.1. The van der Waals surface area contributed by atoms with Crippen molar-refractivity contribution in [1.82, 2.24) is 4.90 Å². The highest BCUT2D eigenvalue weighted by Crippen LogP contribution is 2.31. The van der Waals surface area contributed by atoms with Gasteiger partial charge in [-0.15, -0.1) is 0 Å². The summed E-state index contributed by atoms with van der Waals surface area (Å²) in [5, 5.41) is 3.46. The van der Waals surface area contributed by atoms with Crippen LogP contribution in [0.4, 0.5) is 5.69 Å². The molecule has 0 bridgehead atoms. The monoisotopic (exact) mass is 464 g/mol. The fourth-order valence-electron chi connectivity index (χ4n) is 3.67. The molecule has 3 aromatic carbocycles. The summed E-state index contributed by atoms with van der Waals surface area (Å²) in [6.07, 6.45) is -0.0273. The van der Waals surface area contributed by atoms with E-state index in [1.54, 1.807) is 29.2 Å². The first-order valence-electron chi connectivity index (χ1n) is 10.8. The van der Waals surface area contributed by atoms with Crippen LogP contribution in [-0.2, 0) is 22.7 Å². The molecule has 0 fully saturated rings. The number of fused-ring (bicyclic) bond motifs is 1. The molecule has 0 saturated heterocycles. The molecule has 3 aromatic rings. The SMILES string of the molecule is CC[C@H]1Oc2ccc(NC(=O)COc3ccccc3)cc2CN(Cc2ccccc2Cl)C1=O. The van der Waals surface area contributed by atoms with Crippen LogP contribution in [0, 0.1) is 0 Å². The Kier molecular flexibility index (Phi) is 7.15. The number of hydrogen-bond acceptors (Lipinski definition) is 4. The first-order valence-corrected chi connectivity index (χ1v) is 11.2. The van der Waals surface area contributed by atoms with Crippen LogP contribution in [0.1, 0.15) is 24.5 Å². The van der Waals surface area contributed by atoms with Crippen LogP contribution in [0.5, 0.6) is 11.5 Å². The van der Waals surface area contributed by atoms with Gasteiger partial charge in [0, 0.05) is 29.4 Å². The van der Waals surface area contributed by atoms with E-state index >= 15 is 0 Å². The highest BCUT2D eigenvalue weighted by molar-refractivity contribution is 6.31. The Morgan fingerprint density at radius 2 is 1.88 bits per heavy atom. The van der Waals surface area contributed by atoms with Gasteiger partial charge < -0.3 is 19.7 Å². The maximum atomic E-state index is 13.1. The number of nitrogens with zero attached hydrogens (tertiary/aromatic N) is 1. The third kappa shape index (κ3) is 5.65. The molecule has 33 heavy (non-hydrogen) atoms. The number of rotatable bonds is 7. The second-order valence-corrected chi connectivity index (χ2v) is 8.18. The molecule has 1 aliphatic rings. The Bertz CT molecular complexity index is 1140. The van der Waals surface area contributed by atoms with E-state index in [1.165, 1.54) is 0 Å². The van der Waals surface area contributed by atoms with Crippen molar-refractivity contribution in [3.05, 3.63) is 88.9 Å². The smallest absolute Gasteiger partial charge is 0.264 e. The molecule has 0 saturated carbocycles. The van der Waals surface area contributed by atoms with Gasteiger partial charge in [0.2, 0.25) is 0 Å². The fourth-order valence-corrected chi connectivity index (χ4v) is 3.87. The molecule has 1 heterocycles. The van der Waals surface area contributed by atoms with Crippen molar-refractivity contribution in [1.29, 1.82) is 0 Å². The van der Waals surface area contributed by atoms with Gasteiger partial charge in [0.25, 0.3) is 11.8 Å². The van der Waals surface area contributed by atoms with Gasteiger partial charge in [0.05, 0.1) is 0 Å². The molecule has 6 nitrogen and oxygen atoms in total. The number of carbonyl (C=O) groups excluding carboxylic acids is 2. The number of ether oxygens (including phenoxy) is 2. The lowest BCUT2D eigenvalue weighted by Crippen LogP contribution is -2.38. The Hall–Kier alpha value is -3.51. The van der Waals surface area contributed by atoms with Crippen molar-refractivity contribution < 1.29 is 19.1 Å². The van der Waals surface area contributed by atoms with E-state index in [2.05, 4.69) is 5.32 Å². The highest BCUT2D eigenvalue weighted by atomic mass is 35.5. The van der Waals surface area contributed by atoms with E-state index in [9.17, 15) is 9.59 Å². The van der Waals surface area contributed by atoms with Crippen molar-refractivity contribution in [2.75, 3.05) is 11.9 Å². The number of hydrogen-bond donors (Lipinski definition) is 1. The van der Waals surface area contributed by atoms with Crippen LogP contribution >= 0.6 is 11.6 Å². The molecule has 4 rings (SSSR count). The Morgan fingerprint density at radius 1 is 1.12 bits per heavy atom. The van der Waals surface area contributed by atoms with Gasteiger partial charge in [-0.25, -0.2) is 0 Å². The highest BCUT2D eigenvalue weighted by Gasteiger charge is 2.30. The van der Waals surface area contributed by atoms with Crippen LogP contribution in [0.25, 0.3) is 0 Å². The number of nitrogens with one attached hydrogen (secondary N) is 1. The number of para-hydroxylation sites is 1. The van der Waals surface area contributed by atoms with E-state index in [0.29, 0.717) is 41.7 Å². The average molecular weight is 465 g/mol. The normalized spacial score (nSPS) is 15.3. The van der Waals surface area contributed by atoms with Gasteiger partial charge in [0.15, 0.2) is 12.7 Å². The minimum Gasteiger partial charge on any atom is -0.484 e. The second kappa shape index (κ2) is 10.4. The van der Waals surface area contributed by atoms with Crippen LogP contribution < -0.4 is 14.8 Å². The Balaban J connectivity index is 1.50. The predicted molar refractivity (Wildman–Crippen MR) is 127 cm³/mol. The number of amides is 2. The van der Waals surface area contributed by atoms with Crippen molar-refractivity contribution in [3.63, 3.8) is 0 Å². The lowest BCUT2D eigenvalue weighted by Gasteiger charge is -2.23. The van der Waals surface area contributed by atoms with Gasteiger partial charge in [-0.05, 0) is 48.4 Å². The summed E-state index contributed by atoms with van der Waals surface area (Å²) >= 11 is 6.33. The van der Waals surface area contributed by atoms with Crippen molar-refractivity contribution in [3.8, 4) is 11.5 Å². The molecule has 1 atom stereocenters. The quantitative estimate of drug-likeness (QED) is 0.531. The number of halogens is 1. The molecular formula is C26H25ClN2O4. The summed E-state index contributed by atoms with van der Waals surface area (Å²) in [4.78, 5) is 27.2. The predicted octanol–water partition coefficient (Wildman–Crippen LogP) is 5.06. The zero-order chi connectivity index (χ0) is 23.2. The zero-order valence-corrected chi connectivity index (χ0v) is 19.0. The molecule has 170 valence electrons. The van der Waals surface area contributed by atoms with E-state index in [-0.39, 0.29) is 18.4 Å². The number of carbonyl (C=O) groups is 2. The molecule has 2 amide bonds. The Labute approximate surface area is 198 Å². The molecule has 0 aliphatic carbocycles. The van der Waals surface area contributed by atoms with Crippen molar-refractivity contribution in [2.45, 2.75) is 32.5 Å². The maximum Gasteiger partial charge on any atom is 0.264 e. The van der Waals surface area contributed by atoms with Crippen LogP contribution in [0.15, 0.2) is 72.8 Å². The minimum absolute atomic E-state index is 0.0875. The van der Waals surface area contributed by atoms with Crippen molar-refractivity contribution in [2.24, 2.45) is 0 Å². The van der Waals surface area contributed by atoms with E-state index in [1.807, 2.05) is 55.5 Å². The molecule has 7 heteroatoms. The Morgan fingerprint density at radius 3 is 2.64 bits per heavy atom. The summed E-state index contributed by atoms with van der Waals surface area (Å²) < 4.78 is 11.5. The fraction of sp³-hybridized carbons (Fsp3) is 0.231. The number of anilines is 1. The van der Waals surface area contributed by atoms with E-state index in [4.69, 9.17) is 21.1 Å². The molecule has 0 aromatic heterocycles.